The van der Waals surface area contributed by atoms with E-state index >= 15 is 0 Å². The van der Waals surface area contributed by atoms with Gasteiger partial charge in [-0.25, -0.2) is 0 Å². The second kappa shape index (κ2) is 11.4. The number of carbonyl (C=O) groups is 1. The summed E-state index contributed by atoms with van der Waals surface area (Å²) in [5, 5.41) is 12.6. The zero-order valence-corrected chi connectivity index (χ0v) is 20.8. The highest BCUT2D eigenvalue weighted by Gasteiger charge is 2.27. The van der Waals surface area contributed by atoms with Crippen LogP contribution in [-0.2, 0) is 11.3 Å². The number of amides is 1. The Kier molecular flexibility index (Phi) is 8.11. The number of aromatic nitrogens is 3. The fraction of sp³-hybridized carbons (Fsp3) is 0.423. The Balaban J connectivity index is 1.57. The van der Waals surface area contributed by atoms with Gasteiger partial charge in [0.15, 0.2) is 22.5 Å². The van der Waals surface area contributed by atoms with Gasteiger partial charge in [-0.15, -0.1) is 10.2 Å². The van der Waals surface area contributed by atoms with E-state index in [1.54, 1.807) is 14.2 Å². The van der Waals surface area contributed by atoms with Crippen LogP contribution in [0.2, 0.25) is 0 Å². The summed E-state index contributed by atoms with van der Waals surface area (Å²) in [5.74, 6) is 2.11. The molecule has 180 valence electrons. The smallest absolute Gasteiger partial charge is 0.233 e. The van der Waals surface area contributed by atoms with Crippen molar-refractivity contribution in [2.24, 2.45) is 0 Å². The Morgan fingerprint density at radius 1 is 1.06 bits per heavy atom. The molecule has 0 bridgehead atoms. The summed E-state index contributed by atoms with van der Waals surface area (Å²) in [6.45, 7) is 2.43. The van der Waals surface area contributed by atoms with Crippen LogP contribution < -0.4 is 14.8 Å². The molecule has 8 heteroatoms. The number of rotatable bonds is 9. The summed E-state index contributed by atoms with van der Waals surface area (Å²) in [6, 6.07) is 16.1. The van der Waals surface area contributed by atoms with Crippen molar-refractivity contribution in [3.8, 4) is 22.9 Å². The molecule has 0 spiro atoms. The van der Waals surface area contributed by atoms with Gasteiger partial charge in [-0.1, -0.05) is 61.4 Å². The Morgan fingerprint density at radius 2 is 1.79 bits per heavy atom. The van der Waals surface area contributed by atoms with E-state index in [0.29, 0.717) is 24.1 Å². The van der Waals surface area contributed by atoms with Crippen LogP contribution in [0.15, 0.2) is 53.7 Å². The van der Waals surface area contributed by atoms with Crippen molar-refractivity contribution < 1.29 is 14.3 Å². The molecule has 1 aliphatic carbocycles. The van der Waals surface area contributed by atoms with Crippen molar-refractivity contribution in [2.75, 3.05) is 14.2 Å². The van der Waals surface area contributed by atoms with Crippen LogP contribution in [0.5, 0.6) is 11.5 Å². The van der Waals surface area contributed by atoms with Crippen LogP contribution in [-0.4, -0.2) is 40.1 Å². The number of ether oxygens (including phenoxy) is 2. The van der Waals surface area contributed by atoms with Gasteiger partial charge in [-0.05, 0) is 43.5 Å². The molecule has 1 aromatic heterocycles. The lowest BCUT2D eigenvalue weighted by Crippen LogP contribution is -2.30. The number of hydrogen-bond donors (Lipinski definition) is 1. The third-order valence-electron chi connectivity index (χ3n) is 6.21. The van der Waals surface area contributed by atoms with Gasteiger partial charge in [0.05, 0.1) is 19.5 Å². The van der Waals surface area contributed by atoms with E-state index in [0.717, 1.165) is 34.9 Å². The topological polar surface area (TPSA) is 78.3 Å². The Morgan fingerprint density at radius 3 is 2.50 bits per heavy atom. The average Bonchev–Trinajstić information content (AvgIpc) is 3.31. The first-order chi connectivity index (χ1) is 16.6. The molecule has 0 saturated heterocycles. The molecule has 3 aromatic rings. The van der Waals surface area contributed by atoms with E-state index in [9.17, 15) is 4.79 Å². The van der Waals surface area contributed by atoms with Gasteiger partial charge in [-0.2, -0.15) is 0 Å². The van der Waals surface area contributed by atoms with Crippen LogP contribution in [0.25, 0.3) is 11.4 Å². The third-order valence-corrected chi connectivity index (χ3v) is 7.26. The first kappa shape index (κ1) is 24.1. The van der Waals surface area contributed by atoms with Crippen LogP contribution in [0.1, 0.15) is 50.6 Å². The maximum Gasteiger partial charge on any atom is 0.233 e. The van der Waals surface area contributed by atoms with Crippen LogP contribution in [0, 0.1) is 0 Å². The first-order valence-electron chi connectivity index (χ1n) is 11.8. The van der Waals surface area contributed by atoms with E-state index < -0.39 is 0 Å². The normalized spacial score (nSPS) is 15.0. The lowest BCUT2D eigenvalue weighted by molar-refractivity contribution is -0.120. The fourth-order valence-electron chi connectivity index (χ4n) is 4.34. The molecule has 2 aromatic carbocycles. The number of nitrogens with zero attached hydrogens (tertiary/aromatic N) is 3. The van der Waals surface area contributed by atoms with Crippen molar-refractivity contribution in [1.29, 1.82) is 0 Å². The molecular formula is C26H32N4O3S. The molecule has 34 heavy (non-hydrogen) atoms. The fourth-order valence-corrected chi connectivity index (χ4v) is 5.28. The number of thioether (sulfide) groups is 1. The zero-order valence-electron chi connectivity index (χ0n) is 20.0. The largest absolute Gasteiger partial charge is 0.493 e. The molecule has 0 aliphatic heterocycles. The van der Waals surface area contributed by atoms with Gasteiger partial charge in [0.1, 0.15) is 0 Å². The van der Waals surface area contributed by atoms with Gasteiger partial charge < -0.3 is 14.8 Å². The molecule has 1 fully saturated rings. The molecule has 1 unspecified atom stereocenters. The minimum atomic E-state index is -0.298. The molecule has 0 radical (unpaired) electrons. The predicted octanol–water partition coefficient (Wildman–Crippen LogP) is 5.26. The minimum Gasteiger partial charge on any atom is -0.493 e. The predicted molar refractivity (Wildman–Crippen MR) is 134 cm³/mol. The summed E-state index contributed by atoms with van der Waals surface area (Å²) >= 11 is 1.46. The molecular weight excluding hydrogens is 448 g/mol. The summed E-state index contributed by atoms with van der Waals surface area (Å²) in [4.78, 5) is 12.8. The number of methoxy groups -OCH3 is 2. The summed E-state index contributed by atoms with van der Waals surface area (Å²) in [6.07, 6.45) is 5.79. The lowest BCUT2D eigenvalue weighted by Gasteiger charge is -2.26. The minimum absolute atomic E-state index is 0.0142. The Labute approximate surface area is 205 Å². The van der Waals surface area contributed by atoms with Gasteiger partial charge in [-0.3, -0.25) is 9.36 Å². The number of nitrogens with one attached hydrogen (secondary N) is 1. The number of carbonyl (C=O) groups excluding carboxylic acids is 1. The highest BCUT2D eigenvalue weighted by molar-refractivity contribution is 8.00. The van der Waals surface area contributed by atoms with E-state index in [1.165, 1.54) is 31.0 Å². The van der Waals surface area contributed by atoms with Crippen LogP contribution in [0.3, 0.4) is 0 Å². The lowest BCUT2D eigenvalue weighted by atomic mass is 9.95. The molecule has 4 rings (SSSR count). The quantitative estimate of drug-likeness (QED) is 0.421. The van der Waals surface area contributed by atoms with E-state index in [-0.39, 0.29) is 11.2 Å². The molecule has 1 atom stereocenters. The molecule has 1 aliphatic rings. The molecule has 1 N–H and O–H groups in total. The Hall–Kier alpha value is -3.00. The summed E-state index contributed by atoms with van der Waals surface area (Å²) in [5.41, 5.74) is 2.00. The standard InChI is InChI=1S/C26H32N4O3S/c1-18(25(31)27-17-19-10-6-4-7-11-19)34-26-29-28-24(30(26)21-12-8-5-9-13-21)20-14-15-22(32-2)23(16-20)33-3/h4,6-7,10-11,14-16,18,21H,5,8-9,12-13,17H2,1-3H3,(H,27,31). The monoisotopic (exact) mass is 480 g/mol. The highest BCUT2D eigenvalue weighted by atomic mass is 32.2. The Bertz CT molecular complexity index is 1100. The molecule has 1 heterocycles. The second-order valence-electron chi connectivity index (χ2n) is 8.50. The summed E-state index contributed by atoms with van der Waals surface area (Å²) < 4.78 is 13.1. The van der Waals surface area contributed by atoms with Gasteiger partial charge >= 0.3 is 0 Å². The van der Waals surface area contributed by atoms with Crippen molar-refractivity contribution in [3.05, 3.63) is 54.1 Å². The first-order valence-corrected chi connectivity index (χ1v) is 12.6. The second-order valence-corrected chi connectivity index (χ2v) is 9.81. The van der Waals surface area contributed by atoms with Crippen LogP contribution in [0.4, 0.5) is 0 Å². The molecule has 1 amide bonds. The van der Waals surface area contributed by atoms with E-state index in [4.69, 9.17) is 9.47 Å². The van der Waals surface area contributed by atoms with Crippen molar-refractivity contribution >= 4 is 17.7 Å². The van der Waals surface area contributed by atoms with Gasteiger partial charge in [0.2, 0.25) is 5.91 Å². The van der Waals surface area contributed by atoms with Crippen molar-refractivity contribution in [3.63, 3.8) is 0 Å². The van der Waals surface area contributed by atoms with E-state index in [2.05, 4.69) is 20.1 Å². The molecule has 1 saturated carbocycles. The van der Waals surface area contributed by atoms with E-state index in [1.807, 2.05) is 55.5 Å². The highest BCUT2D eigenvalue weighted by Crippen LogP contribution is 2.38. The average molecular weight is 481 g/mol. The summed E-state index contributed by atoms with van der Waals surface area (Å²) in [7, 11) is 3.26. The van der Waals surface area contributed by atoms with Crippen molar-refractivity contribution in [1.82, 2.24) is 20.1 Å². The maximum atomic E-state index is 12.8. The van der Waals surface area contributed by atoms with Crippen LogP contribution >= 0.6 is 11.8 Å². The SMILES string of the molecule is COc1ccc(-c2nnc(SC(C)C(=O)NCc3ccccc3)n2C2CCCCC2)cc1OC. The third kappa shape index (κ3) is 5.55. The number of benzene rings is 2. The van der Waals surface area contributed by atoms with Gasteiger partial charge in [0.25, 0.3) is 0 Å². The van der Waals surface area contributed by atoms with Crippen molar-refractivity contribution in [2.45, 2.75) is 62.0 Å². The van der Waals surface area contributed by atoms with Gasteiger partial charge in [0, 0.05) is 18.2 Å². The zero-order chi connectivity index (χ0) is 23.9. The molecule has 7 nitrogen and oxygen atoms in total. The number of hydrogen-bond acceptors (Lipinski definition) is 6. The maximum absolute atomic E-state index is 12.8.